The maximum atomic E-state index is 13.2. The van der Waals surface area contributed by atoms with E-state index in [1.54, 1.807) is 7.11 Å². The van der Waals surface area contributed by atoms with E-state index in [0.717, 1.165) is 68.6 Å². The molecule has 5 heteroatoms. The highest BCUT2D eigenvalue weighted by Gasteiger charge is 2.42. The molecule has 0 spiro atoms. The number of hydrogen-bond donors (Lipinski definition) is 2. The Bertz CT molecular complexity index is 602. The maximum Gasteiger partial charge on any atom is 0.226 e. The summed E-state index contributed by atoms with van der Waals surface area (Å²) in [6, 6.07) is 7.94. The van der Waals surface area contributed by atoms with E-state index in [2.05, 4.69) is 16.7 Å². The summed E-state index contributed by atoms with van der Waals surface area (Å²) < 4.78 is 5.48. The average Bonchev–Trinajstić information content (AvgIpc) is 3.10. The van der Waals surface area contributed by atoms with Crippen LogP contribution in [0.3, 0.4) is 0 Å². The van der Waals surface area contributed by atoms with E-state index in [0.29, 0.717) is 13.2 Å². The quantitative estimate of drug-likeness (QED) is 0.762. The van der Waals surface area contributed by atoms with Crippen LogP contribution in [-0.4, -0.2) is 39.3 Å². The molecule has 1 amide bonds. The smallest absolute Gasteiger partial charge is 0.226 e. The largest absolute Gasteiger partial charge is 0.384 e. The second-order valence-corrected chi connectivity index (χ2v) is 8.60. The topological polar surface area (TPSA) is 50.4 Å². The van der Waals surface area contributed by atoms with Crippen LogP contribution in [0.1, 0.15) is 44.1 Å². The zero-order chi connectivity index (χ0) is 18.5. The average molecular weight is 379 g/mol. The SMILES string of the molecule is COCC1(CNC(=O)C2(Cc3cccc(Cl)c3)CCCC2)CCNCC1. The van der Waals surface area contributed by atoms with Crippen molar-refractivity contribution in [3.05, 3.63) is 34.9 Å². The van der Waals surface area contributed by atoms with Crippen molar-refractivity contribution in [1.29, 1.82) is 0 Å². The number of hydrogen-bond acceptors (Lipinski definition) is 3. The Morgan fingerprint density at radius 1 is 1.23 bits per heavy atom. The molecule has 1 aliphatic heterocycles. The molecule has 3 rings (SSSR count). The van der Waals surface area contributed by atoms with Crippen LogP contribution in [0, 0.1) is 10.8 Å². The fraction of sp³-hybridized carbons (Fsp3) is 0.667. The lowest BCUT2D eigenvalue weighted by Crippen LogP contribution is -2.50. The molecule has 0 unspecified atom stereocenters. The summed E-state index contributed by atoms with van der Waals surface area (Å²) in [5.74, 6) is 0.212. The molecule has 144 valence electrons. The monoisotopic (exact) mass is 378 g/mol. The van der Waals surface area contributed by atoms with Gasteiger partial charge in [-0.15, -0.1) is 0 Å². The summed E-state index contributed by atoms with van der Waals surface area (Å²) >= 11 is 6.15. The summed E-state index contributed by atoms with van der Waals surface area (Å²) in [6.45, 7) is 3.40. The van der Waals surface area contributed by atoms with E-state index in [4.69, 9.17) is 16.3 Å². The molecule has 2 aliphatic rings. The van der Waals surface area contributed by atoms with Gasteiger partial charge in [-0.25, -0.2) is 0 Å². The first kappa shape index (κ1) is 19.7. The number of rotatable bonds is 7. The number of carbonyl (C=O) groups excluding carboxylic acids is 1. The van der Waals surface area contributed by atoms with Crippen LogP contribution in [0.5, 0.6) is 0 Å². The molecule has 1 aromatic rings. The van der Waals surface area contributed by atoms with Crippen LogP contribution >= 0.6 is 11.6 Å². The lowest BCUT2D eigenvalue weighted by atomic mass is 9.77. The predicted octanol–water partition coefficient (Wildman–Crippen LogP) is 3.58. The number of carbonyl (C=O) groups is 1. The van der Waals surface area contributed by atoms with Crippen LogP contribution in [0.15, 0.2) is 24.3 Å². The number of amides is 1. The molecule has 0 bridgehead atoms. The van der Waals surface area contributed by atoms with Gasteiger partial charge >= 0.3 is 0 Å². The highest BCUT2D eigenvalue weighted by molar-refractivity contribution is 6.30. The molecule has 1 saturated heterocycles. The summed E-state index contributed by atoms with van der Waals surface area (Å²) in [5.41, 5.74) is 0.931. The Kier molecular flexibility index (Phi) is 6.60. The van der Waals surface area contributed by atoms with E-state index < -0.39 is 0 Å². The van der Waals surface area contributed by atoms with Crippen LogP contribution in [-0.2, 0) is 16.0 Å². The molecule has 1 saturated carbocycles. The summed E-state index contributed by atoms with van der Waals surface area (Å²) in [5, 5.41) is 7.46. The molecular weight excluding hydrogens is 348 g/mol. The van der Waals surface area contributed by atoms with E-state index in [-0.39, 0.29) is 16.7 Å². The first-order chi connectivity index (χ1) is 12.6. The number of ether oxygens (including phenoxy) is 1. The highest BCUT2D eigenvalue weighted by atomic mass is 35.5. The van der Waals surface area contributed by atoms with Gasteiger partial charge in [-0.3, -0.25) is 4.79 Å². The summed E-state index contributed by atoms with van der Waals surface area (Å²) in [4.78, 5) is 13.2. The van der Waals surface area contributed by atoms with E-state index in [1.165, 1.54) is 0 Å². The van der Waals surface area contributed by atoms with Gasteiger partial charge in [0.15, 0.2) is 0 Å². The zero-order valence-electron chi connectivity index (χ0n) is 15.8. The van der Waals surface area contributed by atoms with Crippen molar-refractivity contribution in [2.75, 3.05) is 33.4 Å². The second kappa shape index (κ2) is 8.73. The van der Waals surface area contributed by atoms with E-state index >= 15 is 0 Å². The first-order valence-electron chi connectivity index (χ1n) is 9.80. The molecule has 1 aromatic carbocycles. The van der Waals surface area contributed by atoms with Gasteiger partial charge < -0.3 is 15.4 Å². The van der Waals surface area contributed by atoms with Gasteiger partial charge in [0.25, 0.3) is 0 Å². The molecular formula is C21H31ClN2O2. The Balaban J connectivity index is 1.68. The van der Waals surface area contributed by atoms with Crippen LogP contribution in [0.4, 0.5) is 0 Å². The molecule has 1 aliphatic carbocycles. The van der Waals surface area contributed by atoms with Gasteiger partial charge in [0.1, 0.15) is 0 Å². The minimum atomic E-state index is -0.286. The number of piperidine rings is 1. The van der Waals surface area contributed by atoms with E-state index in [9.17, 15) is 4.79 Å². The van der Waals surface area contributed by atoms with Crippen molar-refractivity contribution in [1.82, 2.24) is 10.6 Å². The number of benzene rings is 1. The van der Waals surface area contributed by atoms with Gasteiger partial charge in [-0.1, -0.05) is 36.6 Å². The zero-order valence-corrected chi connectivity index (χ0v) is 16.5. The standard InChI is InChI=1S/C21H31ClN2O2/c1-26-16-20(9-11-23-12-10-20)15-24-19(25)21(7-2-3-8-21)14-17-5-4-6-18(22)13-17/h4-6,13,23H,2-3,7-12,14-16H2,1H3,(H,24,25). The second-order valence-electron chi connectivity index (χ2n) is 8.16. The minimum absolute atomic E-state index is 0.0610. The fourth-order valence-corrected chi connectivity index (χ4v) is 4.88. The third-order valence-corrected chi connectivity index (χ3v) is 6.45. The molecule has 2 N–H and O–H groups in total. The predicted molar refractivity (Wildman–Crippen MR) is 105 cm³/mol. The third-order valence-electron chi connectivity index (χ3n) is 6.21. The molecule has 26 heavy (non-hydrogen) atoms. The van der Waals surface area contributed by atoms with Crippen molar-refractivity contribution < 1.29 is 9.53 Å². The van der Waals surface area contributed by atoms with Gasteiger partial charge in [-0.05, 0) is 62.9 Å². The number of nitrogens with one attached hydrogen (secondary N) is 2. The molecule has 1 heterocycles. The Labute approximate surface area is 162 Å². The lowest BCUT2D eigenvalue weighted by Gasteiger charge is -2.38. The number of methoxy groups -OCH3 is 1. The highest BCUT2D eigenvalue weighted by Crippen LogP contribution is 2.42. The molecule has 4 nitrogen and oxygen atoms in total. The van der Waals surface area contributed by atoms with Gasteiger partial charge in [-0.2, -0.15) is 0 Å². The molecule has 2 fully saturated rings. The molecule has 0 aromatic heterocycles. The van der Waals surface area contributed by atoms with Crippen LogP contribution < -0.4 is 10.6 Å². The Hall–Kier alpha value is -1.10. The molecule has 0 atom stereocenters. The summed E-state index contributed by atoms with van der Waals surface area (Å²) in [6.07, 6.45) is 7.04. The Morgan fingerprint density at radius 3 is 2.62 bits per heavy atom. The number of halogens is 1. The maximum absolute atomic E-state index is 13.2. The Morgan fingerprint density at radius 2 is 1.96 bits per heavy atom. The van der Waals surface area contributed by atoms with Crippen molar-refractivity contribution in [2.45, 2.75) is 44.9 Å². The summed E-state index contributed by atoms with van der Waals surface area (Å²) in [7, 11) is 1.75. The fourth-order valence-electron chi connectivity index (χ4n) is 4.66. The van der Waals surface area contributed by atoms with Crippen molar-refractivity contribution in [2.24, 2.45) is 10.8 Å². The minimum Gasteiger partial charge on any atom is -0.384 e. The lowest BCUT2D eigenvalue weighted by molar-refractivity contribution is -0.131. The van der Waals surface area contributed by atoms with Crippen molar-refractivity contribution in [3.8, 4) is 0 Å². The van der Waals surface area contributed by atoms with Gasteiger partial charge in [0.2, 0.25) is 5.91 Å². The van der Waals surface area contributed by atoms with Gasteiger partial charge in [0.05, 0.1) is 12.0 Å². The third kappa shape index (κ3) is 4.59. The first-order valence-corrected chi connectivity index (χ1v) is 10.2. The van der Waals surface area contributed by atoms with Crippen LogP contribution in [0.25, 0.3) is 0 Å². The van der Waals surface area contributed by atoms with E-state index in [1.807, 2.05) is 18.2 Å². The normalized spacial score (nSPS) is 21.5. The van der Waals surface area contributed by atoms with Gasteiger partial charge in [0, 0.05) is 24.1 Å². The van der Waals surface area contributed by atoms with Crippen molar-refractivity contribution >= 4 is 17.5 Å². The molecule has 0 radical (unpaired) electrons. The van der Waals surface area contributed by atoms with Crippen LogP contribution in [0.2, 0.25) is 5.02 Å². The van der Waals surface area contributed by atoms with Crippen molar-refractivity contribution in [3.63, 3.8) is 0 Å².